The second-order valence-corrected chi connectivity index (χ2v) is 4.48. The number of aromatic nitrogens is 1. The van der Waals surface area contributed by atoms with Crippen LogP contribution in [0.2, 0.25) is 0 Å². The van der Waals surface area contributed by atoms with Gasteiger partial charge in [-0.25, -0.2) is 4.57 Å². The number of carbonyl (C=O) groups excluding carboxylic acids is 2. The average Bonchev–Trinajstić information content (AvgIpc) is 2.22. The summed E-state index contributed by atoms with van der Waals surface area (Å²) in [5, 5.41) is 0. The minimum Gasteiger partial charge on any atom is -0.208 e. The molecule has 1 aromatic heterocycles. The zero-order valence-electron chi connectivity index (χ0n) is 10.3. The summed E-state index contributed by atoms with van der Waals surface area (Å²) < 4.78 is 10.8. The Morgan fingerprint density at radius 2 is 1.53 bits per heavy atom. The molecule has 0 atom stereocenters. The fourth-order valence-corrected chi connectivity index (χ4v) is 1.28. The van der Waals surface area contributed by atoms with Gasteiger partial charge in [0, 0.05) is 12.1 Å². The Labute approximate surface area is 112 Å². The van der Waals surface area contributed by atoms with Gasteiger partial charge < -0.3 is 0 Å². The van der Waals surface area contributed by atoms with E-state index in [0.717, 1.165) is 0 Å². The molecule has 0 bridgehead atoms. The van der Waals surface area contributed by atoms with Crippen molar-refractivity contribution in [2.24, 2.45) is 7.05 Å². The number of aryl methyl sites for hydroxylation is 2. The van der Waals surface area contributed by atoms with Crippen molar-refractivity contribution in [2.45, 2.75) is 20.8 Å². The van der Waals surface area contributed by atoms with E-state index in [1.165, 1.54) is 19.4 Å². The van der Waals surface area contributed by atoms with Crippen molar-refractivity contribution in [3.8, 4) is 0 Å². The Bertz CT molecular complexity index is 329. The first kappa shape index (κ1) is 15.8. The molecule has 0 spiro atoms. The van der Waals surface area contributed by atoms with Gasteiger partial charge in [0.15, 0.2) is 12.4 Å². The topological polar surface area (TPSA) is 56.5 Å². The second-order valence-electron chi connectivity index (χ2n) is 3.24. The van der Waals surface area contributed by atoms with Gasteiger partial charge in [0.25, 0.3) is 0 Å². The monoisotopic (exact) mass is 353 g/mol. The number of hydrogen-bond acceptors (Lipinski definition) is 4. The van der Waals surface area contributed by atoms with E-state index >= 15 is 0 Å². The average molecular weight is 353 g/mol. The zero-order chi connectivity index (χ0) is 13.3. The number of hydrogen-bond donors (Lipinski definition) is 0. The van der Waals surface area contributed by atoms with Crippen LogP contribution in [0.25, 0.3) is 0 Å². The molecule has 0 amide bonds. The van der Waals surface area contributed by atoms with Crippen LogP contribution in [0, 0.1) is 6.92 Å². The van der Waals surface area contributed by atoms with Crippen molar-refractivity contribution in [3.63, 3.8) is 0 Å². The van der Waals surface area contributed by atoms with E-state index in [4.69, 9.17) is 0 Å². The molecule has 0 aliphatic heterocycles. The Morgan fingerprint density at radius 1 is 1.12 bits per heavy atom. The number of rotatable bonds is 2. The molecule has 0 saturated carbocycles. The summed E-state index contributed by atoms with van der Waals surface area (Å²) in [6, 6.07) is 4.17. The number of carbonyl (C=O) groups is 2. The van der Waals surface area contributed by atoms with E-state index < -0.39 is 34.0 Å². The summed E-state index contributed by atoms with van der Waals surface area (Å²) >= 11 is -1.15. The van der Waals surface area contributed by atoms with Crippen LogP contribution in [0.15, 0.2) is 24.5 Å². The maximum Gasteiger partial charge on any atom is 0.168 e. The summed E-state index contributed by atoms with van der Waals surface area (Å²) in [4.78, 5) is 20.1. The van der Waals surface area contributed by atoms with Gasteiger partial charge in [0.05, 0.1) is 0 Å². The molecule has 0 aliphatic carbocycles. The van der Waals surface area contributed by atoms with Gasteiger partial charge in [-0.3, -0.25) is 0 Å². The molecule has 0 radical (unpaired) electrons. The Hall–Kier alpha value is -1.18. The van der Waals surface area contributed by atoms with Crippen LogP contribution in [-0.2, 0) is 22.8 Å². The second kappa shape index (κ2) is 8.91. The van der Waals surface area contributed by atoms with E-state index in [9.17, 15) is 9.59 Å². The van der Waals surface area contributed by atoms with Crippen molar-refractivity contribution >= 4 is 11.9 Å². The minimum atomic E-state index is -1.15. The van der Waals surface area contributed by atoms with E-state index in [1.807, 2.05) is 24.0 Å². The Kier molecular flexibility index (Phi) is 8.29. The smallest absolute Gasteiger partial charge is 0.168 e. The third-order valence-electron chi connectivity index (χ3n) is 1.43. The molecule has 1 heterocycles. The molecule has 0 fully saturated rings. The third-order valence-corrected chi connectivity index (χ3v) is 3.03. The van der Waals surface area contributed by atoms with E-state index in [0.29, 0.717) is 0 Å². The molecule has 0 saturated heterocycles. The molecule has 5 nitrogen and oxygen atoms in total. The van der Waals surface area contributed by atoms with Gasteiger partial charge in [0.1, 0.15) is 7.05 Å². The fraction of sp³-hybridized carbons (Fsp3) is 0.364. The molecule has 1 rings (SSSR count). The molecule has 96 valence electrons. The van der Waals surface area contributed by atoms with Crippen molar-refractivity contribution in [1.29, 1.82) is 0 Å². The molecule has 0 aliphatic rings. The van der Waals surface area contributed by atoms with Crippen molar-refractivity contribution < 1.29 is 42.3 Å². The molecule has 0 N–H and O–H groups in total. The van der Waals surface area contributed by atoms with E-state index in [1.54, 1.807) is 0 Å². The van der Waals surface area contributed by atoms with Gasteiger partial charge in [-0.2, -0.15) is 0 Å². The molecule has 1 aromatic rings. The van der Waals surface area contributed by atoms with Crippen LogP contribution in [0.4, 0.5) is 0 Å². The quantitative estimate of drug-likeness (QED) is 0.450. The standard InChI is InChI=1S/C7H10N.C4H6IO4/c1-7-3-5-8(2)6-4-7;1-3(6)8-5-9-4(2)7/h3-6H,1-2H3;1-2H3/q+1;-1. The maximum absolute atomic E-state index is 10.0. The predicted molar refractivity (Wildman–Crippen MR) is 55.9 cm³/mol. The normalized spacial score (nSPS) is 8.94. The molecular formula is C11H16INO4. The van der Waals surface area contributed by atoms with Crippen LogP contribution >= 0.6 is 0 Å². The summed E-state index contributed by atoms with van der Waals surface area (Å²) in [7, 11) is 2.01. The third kappa shape index (κ3) is 11.1. The fourth-order valence-electron chi connectivity index (χ4n) is 0.680. The van der Waals surface area contributed by atoms with Gasteiger partial charge in [-0.15, -0.1) is 0 Å². The van der Waals surface area contributed by atoms with Crippen LogP contribution in [-0.4, -0.2) is 11.9 Å². The summed E-state index contributed by atoms with van der Waals surface area (Å²) in [5.41, 5.74) is 1.31. The molecular weight excluding hydrogens is 337 g/mol. The van der Waals surface area contributed by atoms with Crippen molar-refractivity contribution in [3.05, 3.63) is 30.1 Å². The van der Waals surface area contributed by atoms with Gasteiger partial charge in [-0.05, 0) is 12.5 Å². The zero-order valence-corrected chi connectivity index (χ0v) is 12.4. The predicted octanol–water partition coefficient (Wildman–Crippen LogP) is -2.15. The summed E-state index contributed by atoms with van der Waals surface area (Å²) in [6.07, 6.45) is 4.07. The maximum atomic E-state index is 10.0. The van der Waals surface area contributed by atoms with Gasteiger partial charge >= 0.3 is 63.5 Å². The number of pyridine rings is 1. The summed E-state index contributed by atoms with van der Waals surface area (Å²) in [6.45, 7) is 4.62. The van der Waals surface area contributed by atoms with Crippen molar-refractivity contribution in [1.82, 2.24) is 0 Å². The first-order valence-electron chi connectivity index (χ1n) is 4.83. The first-order chi connectivity index (χ1) is 7.91. The number of nitrogens with zero attached hydrogens (tertiary/aromatic N) is 1. The van der Waals surface area contributed by atoms with Crippen LogP contribution in [0.1, 0.15) is 19.4 Å². The molecule has 0 aromatic carbocycles. The van der Waals surface area contributed by atoms with E-state index in [-0.39, 0.29) is 0 Å². The Balaban J connectivity index is 0.000000302. The molecule has 6 heteroatoms. The first-order valence-corrected chi connectivity index (χ1v) is 6.59. The SMILES string of the molecule is CC(=O)O[I-]OC(C)=O.Cc1cc[n+](C)cc1. The van der Waals surface area contributed by atoms with Crippen LogP contribution in [0.5, 0.6) is 0 Å². The van der Waals surface area contributed by atoms with Gasteiger partial charge in [0.2, 0.25) is 0 Å². The summed E-state index contributed by atoms with van der Waals surface area (Å²) in [5.74, 6) is -0.826. The number of halogens is 1. The van der Waals surface area contributed by atoms with Crippen LogP contribution < -0.4 is 26.6 Å². The molecule has 17 heavy (non-hydrogen) atoms. The largest absolute Gasteiger partial charge is 0.208 e. The van der Waals surface area contributed by atoms with Gasteiger partial charge in [-0.1, -0.05) is 0 Å². The van der Waals surface area contributed by atoms with Crippen LogP contribution in [0.3, 0.4) is 0 Å². The molecule has 0 unspecified atom stereocenters. The Morgan fingerprint density at radius 3 is 1.82 bits per heavy atom. The minimum absolute atomic E-state index is 0.413. The van der Waals surface area contributed by atoms with E-state index in [2.05, 4.69) is 25.2 Å². The van der Waals surface area contributed by atoms with Crippen molar-refractivity contribution in [2.75, 3.05) is 0 Å².